The average molecular weight is 359 g/mol. The first-order valence-corrected chi connectivity index (χ1v) is 10.1. The third-order valence-electron chi connectivity index (χ3n) is 4.92. The molecule has 0 radical (unpaired) electrons. The van der Waals surface area contributed by atoms with Crippen molar-refractivity contribution >= 4 is 40.1 Å². The zero-order valence-corrected chi connectivity index (χ0v) is 15.4. The summed E-state index contributed by atoms with van der Waals surface area (Å²) in [4.78, 5) is 23.6. The molecule has 0 spiro atoms. The number of pyridine rings is 1. The molecule has 1 saturated carbocycles. The molecule has 3 heterocycles. The largest absolute Gasteiger partial charge is 0.368 e. The monoisotopic (exact) mass is 359 g/mol. The smallest absolute Gasteiger partial charge is 0.227 e. The van der Waals surface area contributed by atoms with E-state index in [2.05, 4.69) is 27.1 Å². The maximum atomic E-state index is 12.3. The van der Waals surface area contributed by atoms with E-state index in [1.165, 1.54) is 5.69 Å². The topological polar surface area (TPSA) is 87.0 Å². The van der Waals surface area contributed by atoms with E-state index in [4.69, 9.17) is 5.73 Å². The normalized spacial score (nSPS) is 20.9. The minimum Gasteiger partial charge on any atom is -0.368 e. The molecule has 2 aromatic rings. The van der Waals surface area contributed by atoms with E-state index < -0.39 is 0 Å². The first-order valence-electron chi connectivity index (χ1n) is 9.11. The zero-order valence-electron chi connectivity index (χ0n) is 14.5. The Labute approximate surface area is 151 Å². The standard InChI is InChI=1S/C18H25N5OS/c1-2-25-14-9-21-17-15(16(14)23-7-3-4-12(19)10-23)13(8-20-17)22-18(24)11-5-6-11/h8-9,11-12H,2-7,10,19H2,1H3,(H,20,21)(H,22,24). The number of H-pyrrole nitrogens is 1. The van der Waals surface area contributed by atoms with Gasteiger partial charge in [-0.1, -0.05) is 6.92 Å². The molecule has 2 aromatic heterocycles. The quantitative estimate of drug-likeness (QED) is 0.715. The summed E-state index contributed by atoms with van der Waals surface area (Å²) < 4.78 is 0. The van der Waals surface area contributed by atoms with Crippen LogP contribution in [0, 0.1) is 5.92 Å². The van der Waals surface area contributed by atoms with Gasteiger partial charge in [-0.25, -0.2) is 4.98 Å². The van der Waals surface area contributed by atoms with Gasteiger partial charge in [-0.15, -0.1) is 11.8 Å². The van der Waals surface area contributed by atoms with Crippen molar-refractivity contribution in [3.63, 3.8) is 0 Å². The summed E-state index contributed by atoms with van der Waals surface area (Å²) in [5.41, 5.74) is 9.06. The summed E-state index contributed by atoms with van der Waals surface area (Å²) >= 11 is 1.79. The molecular weight excluding hydrogens is 334 g/mol. The maximum absolute atomic E-state index is 12.3. The fourth-order valence-electron chi connectivity index (χ4n) is 3.53. The van der Waals surface area contributed by atoms with Crippen molar-refractivity contribution in [3.05, 3.63) is 12.4 Å². The van der Waals surface area contributed by atoms with Crippen LogP contribution < -0.4 is 16.0 Å². The lowest BCUT2D eigenvalue weighted by Gasteiger charge is -2.34. The van der Waals surface area contributed by atoms with Gasteiger partial charge in [-0.05, 0) is 31.4 Å². The van der Waals surface area contributed by atoms with Gasteiger partial charge in [0, 0.05) is 42.3 Å². The van der Waals surface area contributed by atoms with E-state index in [-0.39, 0.29) is 17.9 Å². The van der Waals surface area contributed by atoms with Crippen LogP contribution in [0.1, 0.15) is 32.6 Å². The van der Waals surface area contributed by atoms with Crippen molar-refractivity contribution in [2.75, 3.05) is 29.1 Å². The fourth-order valence-corrected chi connectivity index (χ4v) is 4.33. The zero-order chi connectivity index (χ0) is 17.4. The highest BCUT2D eigenvalue weighted by Crippen LogP contribution is 2.41. The van der Waals surface area contributed by atoms with Crippen LogP contribution in [0.4, 0.5) is 11.4 Å². The van der Waals surface area contributed by atoms with Gasteiger partial charge in [0.05, 0.1) is 16.8 Å². The van der Waals surface area contributed by atoms with Crippen LogP contribution in [-0.2, 0) is 4.79 Å². The van der Waals surface area contributed by atoms with E-state index in [0.29, 0.717) is 0 Å². The number of hydrogen-bond acceptors (Lipinski definition) is 5. The van der Waals surface area contributed by atoms with Crippen molar-refractivity contribution < 1.29 is 4.79 Å². The second kappa shape index (κ2) is 6.88. The molecule has 4 N–H and O–H groups in total. The number of hydrogen-bond donors (Lipinski definition) is 3. The summed E-state index contributed by atoms with van der Waals surface area (Å²) in [5, 5.41) is 4.12. The minimum atomic E-state index is 0.121. The van der Waals surface area contributed by atoms with Gasteiger partial charge < -0.3 is 20.9 Å². The number of carbonyl (C=O) groups is 1. The van der Waals surface area contributed by atoms with Crippen molar-refractivity contribution in [1.29, 1.82) is 0 Å². The number of rotatable bonds is 5. The van der Waals surface area contributed by atoms with Crippen LogP contribution in [0.25, 0.3) is 11.0 Å². The molecule has 1 amide bonds. The summed E-state index contributed by atoms with van der Waals surface area (Å²) in [7, 11) is 0. The number of nitrogens with zero attached hydrogens (tertiary/aromatic N) is 2. The minimum absolute atomic E-state index is 0.121. The van der Waals surface area contributed by atoms with Gasteiger partial charge >= 0.3 is 0 Å². The Bertz CT molecular complexity index is 785. The maximum Gasteiger partial charge on any atom is 0.227 e. The number of anilines is 2. The Morgan fingerprint density at radius 1 is 1.48 bits per heavy atom. The Balaban J connectivity index is 1.78. The molecule has 4 rings (SSSR count). The Morgan fingerprint density at radius 2 is 2.32 bits per heavy atom. The average Bonchev–Trinajstić information content (AvgIpc) is 3.38. The van der Waals surface area contributed by atoms with Crippen LogP contribution in [0.3, 0.4) is 0 Å². The third-order valence-corrected chi connectivity index (χ3v) is 5.82. The van der Waals surface area contributed by atoms with Crippen LogP contribution in [-0.4, -0.2) is 40.8 Å². The summed E-state index contributed by atoms with van der Waals surface area (Å²) in [6, 6.07) is 0.194. The molecule has 1 saturated heterocycles. The van der Waals surface area contributed by atoms with Gasteiger partial charge in [0.2, 0.25) is 5.91 Å². The van der Waals surface area contributed by atoms with Gasteiger partial charge in [0.1, 0.15) is 5.65 Å². The van der Waals surface area contributed by atoms with Crippen LogP contribution >= 0.6 is 11.8 Å². The van der Waals surface area contributed by atoms with Crippen molar-refractivity contribution in [3.8, 4) is 0 Å². The van der Waals surface area contributed by atoms with E-state index in [1.54, 1.807) is 11.8 Å². The van der Waals surface area contributed by atoms with E-state index >= 15 is 0 Å². The SMILES string of the molecule is CCSc1cnc2[nH]cc(NC(=O)C3CC3)c2c1N1CCCC(N)C1. The Hall–Kier alpha value is -1.73. The molecule has 6 nitrogen and oxygen atoms in total. The molecule has 0 bridgehead atoms. The summed E-state index contributed by atoms with van der Waals surface area (Å²) in [6.07, 6.45) is 7.96. The number of aromatic nitrogens is 2. The predicted molar refractivity (Wildman–Crippen MR) is 103 cm³/mol. The fraction of sp³-hybridized carbons (Fsp3) is 0.556. The van der Waals surface area contributed by atoms with Crippen molar-refractivity contribution in [1.82, 2.24) is 9.97 Å². The van der Waals surface area contributed by atoms with E-state index in [0.717, 1.165) is 66.1 Å². The molecule has 1 aliphatic heterocycles. The lowest BCUT2D eigenvalue weighted by molar-refractivity contribution is -0.117. The summed E-state index contributed by atoms with van der Waals surface area (Å²) in [6.45, 7) is 3.98. The molecule has 0 aromatic carbocycles. The molecular formula is C18H25N5OS. The number of fused-ring (bicyclic) bond motifs is 1. The van der Waals surface area contributed by atoms with E-state index in [1.807, 2.05) is 12.4 Å². The summed E-state index contributed by atoms with van der Waals surface area (Å²) in [5.74, 6) is 1.28. The molecule has 134 valence electrons. The Morgan fingerprint density at radius 3 is 3.04 bits per heavy atom. The predicted octanol–water partition coefficient (Wildman–Crippen LogP) is 2.95. The molecule has 7 heteroatoms. The van der Waals surface area contributed by atoms with Crippen LogP contribution in [0.15, 0.2) is 17.3 Å². The highest BCUT2D eigenvalue weighted by atomic mass is 32.2. The van der Waals surface area contributed by atoms with Crippen molar-refractivity contribution in [2.24, 2.45) is 11.7 Å². The first kappa shape index (κ1) is 16.7. The van der Waals surface area contributed by atoms with Crippen molar-refractivity contribution in [2.45, 2.75) is 43.5 Å². The lowest BCUT2D eigenvalue weighted by atomic mass is 10.1. The molecule has 2 fully saturated rings. The number of nitrogens with one attached hydrogen (secondary N) is 2. The number of amides is 1. The highest BCUT2D eigenvalue weighted by Gasteiger charge is 2.31. The molecule has 1 aliphatic carbocycles. The van der Waals surface area contributed by atoms with Gasteiger partial charge in [-0.2, -0.15) is 0 Å². The van der Waals surface area contributed by atoms with Gasteiger partial charge in [0.15, 0.2) is 0 Å². The number of thioether (sulfide) groups is 1. The highest BCUT2D eigenvalue weighted by molar-refractivity contribution is 7.99. The number of aromatic amines is 1. The molecule has 1 unspecified atom stereocenters. The van der Waals surface area contributed by atoms with E-state index in [9.17, 15) is 4.79 Å². The first-order chi connectivity index (χ1) is 12.2. The van der Waals surface area contributed by atoms with Gasteiger partial charge in [0.25, 0.3) is 0 Å². The second-order valence-electron chi connectivity index (χ2n) is 6.94. The second-order valence-corrected chi connectivity index (χ2v) is 8.25. The molecule has 2 aliphatic rings. The number of nitrogens with two attached hydrogens (primary N) is 1. The third kappa shape index (κ3) is 3.35. The van der Waals surface area contributed by atoms with Crippen LogP contribution in [0.5, 0.6) is 0 Å². The van der Waals surface area contributed by atoms with Gasteiger partial charge in [-0.3, -0.25) is 4.79 Å². The molecule has 25 heavy (non-hydrogen) atoms. The van der Waals surface area contributed by atoms with Crippen LogP contribution in [0.2, 0.25) is 0 Å². The number of piperidine rings is 1. The Kier molecular flexibility index (Phi) is 4.60. The molecule has 1 atom stereocenters. The number of carbonyl (C=O) groups excluding carboxylic acids is 1. The lowest BCUT2D eigenvalue weighted by Crippen LogP contribution is -2.43.